The molecule has 1 aromatic heterocycles. The molecule has 1 atom stereocenters. The highest BCUT2D eigenvalue weighted by Gasteiger charge is 2.35. The maximum atomic E-state index is 13.0. The van der Waals surface area contributed by atoms with Gasteiger partial charge in [0.05, 0.1) is 5.56 Å². The maximum absolute atomic E-state index is 13.0. The summed E-state index contributed by atoms with van der Waals surface area (Å²) < 4.78 is 39.9. The molecule has 0 radical (unpaired) electrons. The average molecular weight is 416 g/mol. The van der Waals surface area contributed by atoms with Gasteiger partial charge in [-0.25, -0.2) is 0 Å². The summed E-state index contributed by atoms with van der Waals surface area (Å²) in [5, 5.41) is 13.5. The summed E-state index contributed by atoms with van der Waals surface area (Å²) in [7, 11) is 0. The highest BCUT2D eigenvalue weighted by molar-refractivity contribution is 9.10. The zero-order valence-corrected chi connectivity index (χ0v) is 13.2. The SMILES string of the molecule is OC(c1cscc1Br)c1ccc(Br)cc1C(F)(F)F. The van der Waals surface area contributed by atoms with Gasteiger partial charge in [-0.2, -0.15) is 24.5 Å². The fourth-order valence-electron chi connectivity index (χ4n) is 1.67. The maximum Gasteiger partial charge on any atom is 0.416 e. The minimum Gasteiger partial charge on any atom is -0.384 e. The number of aliphatic hydroxyl groups excluding tert-OH is 1. The van der Waals surface area contributed by atoms with E-state index < -0.39 is 17.8 Å². The van der Waals surface area contributed by atoms with Crippen LogP contribution >= 0.6 is 43.2 Å². The topological polar surface area (TPSA) is 20.2 Å². The number of hydrogen-bond acceptors (Lipinski definition) is 2. The fraction of sp³-hybridized carbons (Fsp3) is 0.167. The number of aliphatic hydroxyl groups is 1. The quantitative estimate of drug-likeness (QED) is 0.698. The first-order valence-corrected chi connectivity index (χ1v) is 7.60. The summed E-state index contributed by atoms with van der Waals surface area (Å²) in [6.07, 6.45) is -5.83. The first-order chi connectivity index (χ1) is 8.80. The lowest BCUT2D eigenvalue weighted by atomic mass is 9.98. The molecule has 0 spiro atoms. The summed E-state index contributed by atoms with van der Waals surface area (Å²) in [6.45, 7) is 0. The molecule has 0 aliphatic rings. The van der Waals surface area contributed by atoms with Crippen LogP contribution in [0.1, 0.15) is 22.8 Å². The van der Waals surface area contributed by atoms with Gasteiger partial charge in [-0.1, -0.05) is 22.0 Å². The number of thiophene rings is 1. The van der Waals surface area contributed by atoms with Crippen molar-refractivity contribution in [2.45, 2.75) is 12.3 Å². The van der Waals surface area contributed by atoms with Crippen LogP contribution in [0.2, 0.25) is 0 Å². The number of hydrogen-bond donors (Lipinski definition) is 1. The zero-order chi connectivity index (χ0) is 14.2. The molecule has 2 aromatic rings. The molecular formula is C12H7Br2F3OS. The summed E-state index contributed by atoms with van der Waals surface area (Å²) in [4.78, 5) is 0. The highest BCUT2D eigenvalue weighted by atomic mass is 79.9. The van der Waals surface area contributed by atoms with Gasteiger partial charge in [-0.15, -0.1) is 0 Å². The van der Waals surface area contributed by atoms with Crippen LogP contribution in [0, 0.1) is 0 Å². The minimum atomic E-state index is -4.51. The van der Waals surface area contributed by atoms with E-state index in [9.17, 15) is 18.3 Å². The summed E-state index contributed by atoms with van der Waals surface area (Å²) >= 11 is 7.53. The van der Waals surface area contributed by atoms with Gasteiger partial charge in [0, 0.05) is 19.9 Å². The Bertz CT molecular complexity index is 595. The number of benzene rings is 1. The van der Waals surface area contributed by atoms with E-state index in [1.54, 1.807) is 10.8 Å². The van der Waals surface area contributed by atoms with Crippen LogP contribution in [0.3, 0.4) is 0 Å². The van der Waals surface area contributed by atoms with Crippen molar-refractivity contribution in [3.63, 3.8) is 0 Å². The van der Waals surface area contributed by atoms with Crippen LogP contribution < -0.4 is 0 Å². The Morgan fingerprint density at radius 1 is 1.11 bits per heavy atom. The molecule has 102 valence electrons. The van der Waals surface area contributed by atoms with Crippen LogP contribution in [-0.2, 0) is 6.18 Å². The van der Waals surface area contributed by atoms with E-state index in [1.165, 1.54) is 23.5 Å². The van der Waals surface area contributed by atoms with Crippen molar-refractivity contribution < 1.29 is 18.3 Å². The van der Waals surface area contributed by atoms with E-state index in [-0.39, 0.29) is 5.56 Å². The highest BCUT2D eigenvalue weighted by Crippen LogP contribution is 2.40. The van der Waals surface area contributed by atoms with Crippen molar-refractivity contribution in [3.8, 4) is 0 Å². The van der Waals surface area contributed by atoms with Crippen molar-refractivity contribution in [1.29, 1.82) is 0 Å². The van der Waals surface area contributed by atoms with Crippen LogP contribution in [0.25, 0.3) is 0 Å². The number of rotatable bonds is 2. The van der Waals surface area contributed by atoms with Crippen molar-refractivity contribution in [2.75, 3.05) is 0 Å². The molecule has 1 nitrogen and oxygen atoms in total. The average Bonchev–Trinajstić information content (AvgIpc) is 2.73. The zero-order valence-electron chi connectivity index (χ0n) is 9.21. The van der Waals surface area contributed by atoms with Crippen LogP contribution in [0.15, 0.2) is 37.9 Å². The predicted octanol–water partition coefficient (Wildman–Crippen LogP) is 5.37. The lowest BCUT2D eigenvalue weighted by Crippen LogP contribution is -2.12. The van der Waals surface area contributed by atoms with Gasteiger partial charge in [0.2, 0.25) is 0 Å². The second-order valence-corrected chi connectivity index (χ2v) is 6.32. The summed E-state index contributed by atoms with van der Waals surface area (Å²) in [5.41, 5.74) is -0.569. The summed E-state index contributed by atoms with van der Waals surface area (Å²) in [6, 6.07) is 3.73. The van der Waals surface area contributed by atoms with Crippen LogP contribution in [0.4, 0.5) is 13.2 Å². The van der Waals surface area contributed by atoms with Gasteiger partial charge in [0.25, 0.3) is 0 Å². The van der Waals surface area contributed by atoms with Crippen LogP contribution in [-0.4, -0.2) is 5.11 Å². The molecule has 0 saturated carbocycles. The smallest absolute Gasteiger partial charge is 0.384 e. The lowest BCUT2D eigenvalue weighted by Gasteiger charge is -2.17. The Kier molecular flexibility index (Phi) is 4.39. The third-order valence-electron chi connectivity index (χ3n) is 2.55. The molecule has 1 heterocycles. The number of alkyl halides is 3. The largest absolute Gasteiger partial charge is 0.416 e. The van der Waals surface area contributed by atoms with Gasteiger partial charge in [-0.3, -0.25) is 0 Å². The Morgan fingerprint density at radius 2 is 1.79 bits per heavy atom. The summed E-state index contributed by atoms with van der Waals surface area (Å²) in [5.74, 6) is 0. The van der Waals surface area contributed by atoms with E-state index in [0.717, 1.165) is 6.07 Å². The van der Waals surface area contributed by atoms with Gasteiger partial charge in [-0.05, 0) is 39.0 Å². The van der Waals surface area contributed by atoms with Gasteiger partial charge < -0.3 is 5.11 Å². The van der Waals surface area contributed by atoms with Crippen LogP contribution in [0.5, 0.6) is 0 Å². The van der Waals surface area contributed by atoms with E-state index >= 15 is 0 Å². The standard InChI is InChI=1S/C12H7Br2F3OS/c13-6-1-2-7(9(3-6)12(15,16)17)11(18)8-4-19-5-10(8)14/h1-5,11,18H. The van der Waals surface area contributed by atoms with Crippen molar-refractivity contribution in [2.24, 2.45) is 0 Å². The molecule has 0 fully saturated rings. The van der Waals surface area contributed by atoms with E-state index in [1.807, 2.05) is 0 Å². The third-order valence-corrected chi connectivity index (χ3v) is 4.80. The second kappa shape index (κ2) is 5.55. The predicted molar refractivity (Wildman–Crippen MR) is 75.2 cm³/mol. The molecule has 0 bridgehead atoms. The Balaban J connectivity index is 2.54. The van der Waals surface area contributed by atoms with Crippen molar-refractivity contribution >= 4 is 43.2 Å². The monoisotopic (exact) mass is 414 g/mol. The molecule has 0 amide bonds. The third kappa shape index (κ3) is 3.21. The molecule has 1 unspecified atom stereocenters. The molecule has 7 heteroatoms. The lowest BCUT2D eigenvalue weighted by molar-refractivity contribution is -0.139. The fourth-order valence-corrected chi connectivity index (χ4v) is 3.56. The Hall–Kier alpha value is -0.370. The normalized spacial score (nSPS) is 13.6. The van der Waals surface area contributed by atoms with Crippen molar-refractivity contribution in [1.82, 2.24) is 0 Å². The molecule has 0 saturated heterocycles. The minimum absolute atomic E-state index is 0.158. The Labute approximate surface area is 128 Å². The first-order valence-electron chi connectivity index (χ1n) is 5.07. The van der Waals surface area contributed by atoms with E-state index in [0.29, 0.717) is 14.5 Å². The van der Waals surface area contributed by atoms with E-state index in [2.05, 4.69) is 31.9 Å². The molecule has 0 aliphatic heterocycles. The first kappa shape index (κ1) is 15.0. The van der Waals surface area contributed by atoms with Gasteiger partial charge >= 0.3 is 6.18 Å². The Morgan fingerprint density at radius 3 is 2.32 bits per heavy atom. The molecule has 1 aromatic carbocycles. The second-order valence-electron chi connectivity index (χ2n) is 3.81. The van der Waals surface area contributed by atoms with Crippen molar-refractivity contribution in [3.05, 3.63) is 54.6 Å². The molecule has 19 heavy (non-hydrogen) atoms. The van der Waals surface area contributed by atoms with E-state index in [4.69, 9.17) is 0 Å². The van der Waals surface area contributed by atoms with Gasteiger partial charge in [0.1, 0.15) is 6.10 Å². The molecule has 0 aliphatic carbocycles. The molecular weight excluding hydrogens is 409 g/mol. The molecule has 2 rings (SSSR count). The van der Waals surface area contributed by atoms with Gasteiger partial charge in [0.15, 0.2) is 0 Å². The number of halogens is 5. The molecule has 1 N–H and O–H groups in total.